The lowest BCUT2D eigenvalue weighted by Gasteiger charge is -2.15. The van der Waals surface area contributed by atoms with Crippen LogP contribution in [0.2, 0.25) is 5.02 Å². The molecule has 2 aromatic rings. The van der Waals surface area contributed by atoms with Crippen molar-refractivity contribution in [2.75, 3.05) is 5.32 Å². The molecule has 120 valence electrons. The third kappa shape index (κ3) is 4.47. The van der Waals surface area contributed by atoms with Gasteiger partial charge >= 0.3 is 0 Å². The average molecular weight is 333 g/mol. The van der Waals surface area contributed by atoms with Crippen molar-refractivity contribution in [1.82, 2.24) is 0 Å². The van der Waals surface area contributed by atoms with E-state index in [-0.39, 0.29) is 5.91 Å². The number of carbonyl (C=O) groups is 2. The summed E-state index contributed by atoms with van der Waals surface area (Å²) in [4.78, 5) is 23.5. The minimum Gasteiger partial charge on any atom is -0.481 e. The van der Waals surface area contributed by atoms with Gasteiger partial charge in [0.15, 0.2) is 6.10 Å². The van der Waals surface area contributed by atoms with E-state index in [0.717, 1.165) is 5.56 Å². The molecule has 0 heterocycles. The molecule has 0 bridgehead atoms. The summed E-state index contributed by atoms with van der Waals surface area (Å²) >= 11 is 5.88. The molecule has 0 saturated carbocycles. The second-order valence-corrected chi connectivity index (χ2v) is 5.54. The maximum Gasteiger partial charge on any atom is 0.265 e. The Bertz CT molecular complexity index is 746. The number of benzene rings is 2. The molecule has 23 heavy (non-hydrogen) atoms. The summed E-state index contributed by atoms with van der Waals surface area (Å²) in [5.41, 5.74) is 6.90. The minimum absolute atomic E-state index is 0.343. The molecule has 2 aromatic carbocycles. The molecular weight excluding hydrogens is 316 g/mol. The molecule has 5 nitrogen and oxygen atoms in total. The van der Waals surface area contributed by atoms with Gasteiger partial charge in [0.25, 0.3) is 5.91 Å². The Morgan fingerprint density at radius 1 is 1.22 bits per heavy atom. The smallest absolute Gasteiger partial charge is 0.265 e. The molecule has 0 saturated heterocycles. The van der Waals surface area contributed by atoms with Crippen molar-refractivity contribution in [3.05, 3.63) is 58.6 Å². The fourth-order valence-corrected chi connectivity index (χ4v) is 2.19. The molecule has 3 N–H and O–H groups in total. The van der Waals surface area contributed by atoms with E-state index in [0.29, 0.717) is 22.0 Å². The van der Waals surface area contributed by atoms with Crippen LogP contribution < -0.4 is 15.8 Å². The zero-order chi connectivity index (χ0) is 17.0. The van der Waals surface area contributed by atoms with Gasteiger partial charge in [-0.2, -0.15) is 0 Å². The van der Waals surface area contributed by atoms with Crippen LogP contribution in [0.25, 0.3) is 0 Å². The van der Waals surface area contributed by atoms with Gasteiger partial charge in [-0.3, -0.25) is 9.59 Å². The van der Waals surface area contributed by atoms with Crippen molar-refractivity contribution in [3.63, 3.8) is 0 Å². The number of ether oxygens (including phenoxy) is 1. The lowest BCUT2D eigenvalue weighted by Crippen LogP contribution is -2.30. The Kier molecular flexibility index (Phi) is 5.24. The SMILES string of the molecule is Cc1ccc(NC(=O)C(C)Oc2cccc(Cl)c2)cc1C(N)=O. The van der Waals surface area contributed by atoms with Crippen LogP contribution in [0.5, 0.6) is 5.75 Å². The van der Waals surface area contributed by atoms with Crippen molar-refractivity contribution < 1.29 is 14.3 Å². The molecule has 0 radical (unpaired) electrons. The van der Waals surface area contributed by atoms with Crippen LogP contribution in [-0.4, -0.2) is 17.9 Å². The van der Waals surface area contributed by atoms with Gasteiger partial charge < -0.3 is 15.8 Å². The number of aryl methyl sites for hydroxylation is 1. The van der Waals surface area contributed by atoms with Gasteiger partial charge in [-0.25, -0.2) is 0 Å². The van der Waals surface area contributed by atoms with Crippen molar-refractivity contribution in [2.24, 2.45) is 5.73 Å². The van der Waals surface area contributed by atoms with E-state index in [2.05, 4.69) is 5.32 Å². The van der Waals surface area contributed by atoms with Gasteiger partial charge in [0.1, 0.15) is 5.75 Å². The van der Waals surface area contributed by atoms with E-state index in [4.69, 9.17) is 22.1 Å². The van der Waals surface area contributed by atoms with Crippen molar-refractivity contribution in [3.8, 4) is 5.75 Å². The first-order chi connectivity index (χ1) is 10.9. The molecule has 1 atom stereocenters. The molecule has 0 aliphatic carbocycles. The van der Waals surface area contributed by atoms with E-state index >= 15 is 0 Å². The predicted octanol–water partition coefficient (Wildman–Crippen LogP) is 3.15. The second kappa shape index (κ2) is 7.15. The van der Waals surface area contributed by atoms with E-state index < -0.39 is 12.0 Å². The normalized spacial score (nSPS) is 11.6. The topological polar surface area (TPSA) is 81.4 Å². The van der Waals surface area contributed by atoms with Crippen LogP contribution in [0.15, 0.2) is 42.5 Å². The maximum absolute atomic E-state index is 12.2. The van der Waals surface area contributed by atoms with Gasteiger partial charge in [-0.1, -0.05) is 23.7 Å². The largest absolute Gasteiger partial charge is 0.481 e. The number of nitrogens with two attached hydrogens (primary N) is 1. The van der Waals surface area contributed by atoms with Crippen LogP contribution in [0.4, 0.5) is 5.69 Å². The fraction of sp³-hybridized carbons (Fsp3) is 0.176. The molecule has 0 aliphatic rings. The zero-order valence-electron chi connectivity index (χ0n) is 12.8. The number of halogens is 1. The number of hydrogen-bond acceptors (Lipinski definition) is 3. The highest BCUT2D eigenvalue weighted by Gasteiger charge is 2.16. The van der Waals surface area contributed by atoms with E-state index in [1.54, 1.807) is 56.3 Å². The van der Waals surface area contributed by atoms with Crippen molar-refractivity contribution >= 4 is 29.1 Å². The van der Waals surface area contributed by atoms with E-state index in [9.17, 15) is 9.59 Å². The van der Waals surface area contributed by atoms with Gasteiger partial charge in [-0.05, 0) is 49.7 Å². The highest BCUT2D eigenvalue weighted by Crippen LogP contribution is 2.19. The van der Waals surface area contributed by atoms with Crippen LogP contribution in [0.1, 0.15) is 22.8 Å². The monoisotopic (exact) mass is 332 g/mol. The third-order valence-electron chi connectivity index (χ3n) is 3.25. The standard InChI is InChI=1S/C17H17ClN2O3/c1-10-6-7-13(9-15(10)16(19)21)20-17(22)11(2)23-14-5-3-4-12(18)8-14/h3-9,11H,1-2H3,(H2,19,21)(H,20,22). The summed E-state index contributed by atoms with van der Waals surface area (Å²) in [5, 5.41) is 3.22. The van der Waals surface area contributed by atoms with Crippen molar-refractivity contribution in [2.45, 2.75) is 20.0 Å². The third-order valence-corrected chi connectivity index (χ3v) is 3.48. The Labute approximate surface area is 139 Å². The number of anilines is 1. The lowest BCUT2D eigenvalue weighted by molar-refractivity contribution is -0.122. The summed E-state index contributed by atoms with van der Waals surface area (Å²) < 4.78 is 5.54. The Balaban J connectivity index is 2.06. The number of amides is 2. The second-order valence-electron chi connectivity index (χ2n) is 5.10. The van der Waals surface area contributed by atoms with Gasteiger partial charge in [0.2, 0.25) is 5.91 Å². The van der Waals surface area contributed by atoms with Crippen LogP contribution in [-0.2, 0) is 4.79 Å². The van der Waals surface area contributed by atoms with Gasteiger partial charge in [0.05, 0.1) is 0 Å². The first-order valence-electron chi connectivity index (χ1n) is 7.00. The summed E-state index contributed by atoms with van der Waals surface area (Å²) in [6.45, 7) is 3.40. The van der Waals surface area contributed by atoms with Crippen LogP contribution >= 0.6 is 11.6 Å². The Hall–Kier alpha value is -2.53. The molecular formula is C17H17ClN2O3. The summed E-state index contributed by atoms with van der Waals surface area (Å²) in [6.07, 6.45) is -0.730. The van der Waals surface area contributed by atoms with E-state index in [1.165, 1.54) is 0 Å². The average Bonchev–Trinajstić information content (AvgIpc) is 2.48. The van der Waals surface area contributed by atoms with Gasteiger partial charge in [-0.15, -0.1) is 0 Å². The first-order valence-corrected chi connectivity index (χ1v) is 7.38. The Morgan fingerprint density at radius 2 is 1.96 bits per heavy atom. The predicted molar refractivity (Wildman–Crippen MR) is 89.9 cm³/mol. The first kappa shape index (κ1) is 16.8. The number of rotatable bonds is 5. The molecule has 0 fully saturated rings. The fourth-order valence-electron chi connectivity index (χ4n) is 2.01. The lowest BCUT2D eigenvalue weighted by atomic mass is 10.1. The molecule has 0 aliphatic heterocycles. The number of hydrogen-bond donors (Lipinski definition) is 2. The minimum atomic E-state index is -0.730. The molecule has 0 aromatic heterocycles. The van der Waals surface area contributed by atoms with E-state index in [1.807, 2.05) is 0 Å². The highest BCUT2D eigenvalue weighted by molar-refractivity contribution is 6.30. The summed E-state index contributed by atoms with van der Waals surface area (Å²) in [5.74, 6) is -0.382. The Morgan fingerprint density at radius 3 is 2.61 bits per heavy atom. The maximum atomic E-state index is 12.2. The zero-order valence-corrected chi connectivity index (χ0v) is 13.6. The molecule has 2 rings (SSSR count). The molecule has 0 spiro atoms. The van der Waals surface area contributed by atoms with Crippen LogP contribution in [0, 0.1) is 6.92 Å². The summed E-state index contributed by atoms with van der Waals surface area (Å²) in [7, 11) is 0. The number of nitrogens with one attached hydrogen (secondary N) is 1. The highest BCUT2D eigenvalue weighted by atomic mass is 35.5. The molecule has 2 amide bonds. The molecule has 6 heteroatoms. The summed E-state index contributed by atoms with van der Waals surface area (Å²) in [6, 6.07) is 11.8. The van der Waals surface area contributed by atoms with Gasteiger partial charge in [0, 0.05) is 16.3 Å². The quantitative estimate of drug-likeness (QED) is 0.882. The number of carbonyl (C=O) groups excluding carboxylic acids is 2. The number of primary amides is 1. The van der Waals surface area contributed by atoms with Crippen LogP contribution in [0.3, 0.4) is 0 Å². The van der Waals surface area contributed by atoms with Crippen molar-refractivity contribution in [1.29, 1.82) is 0 Å². The molecule has 1 unspecified atom stereocenters.